The van der Waals surface area contributed by atoms with Gasteiger partial charge in [0.1, 0.15) is 6.54 Å². The molecule has 0 spiro atoms. The van der Waals surface area contributed by atoms with Gasteiger partial charge in [0.05, 0.1) is 0 Å². The monoisotopic (exact) mass is 294 g/mol. The molecule has 1 unspecified atom stereocenters. The van der Waals surface area contributed by atoms with Crippen LogP contribution in [-0.4, -0.2) is 46.8 Å². The summed E-state index contributed by atoms with van der Waals surface area (Å²) in [6.45, 7) is 2.12. The van der Waals surface area contributed by atoms with Crippen LogP contribution >= 0.6 is 24.8 Å². The maximum Gasteiger partial charge on any atom is 0.244 e. The molecule has 1 saturated heterocycles. The molecule has 1 atom stereocenters. The van der Waals surface area contributed by atoms with Gasteiger partial charge >= 0.3 is 0 Å². The van der Waals surface area contributed by atoms with Gasteiger partial charge in [0, 0.05) is 31.5 Å². The molecule has 1 N–H and O–H groups in total. The summed E-state index contributed by atoms with van der Waals surface area (Å²) < 4.78 is 1.68. The minimum atomic E-state index is 0. The second-order valence-corrected chi connectivity index (χ2v) is 4.14. The molecule has 7 heteroatoms. The molecule has 0 aliphatic carbocycles. The first kappa shape index (κ1) is 17.2. The van der Waals surface area contributed by atoms with E-state index >= 15 is 0 Å². The number of halogens is 2. The van der Waals surface area contributed by atoms with Crippen molar-refractivity contribution in [2.45, 2.75) is 25.4 Å². The highest BCUT2D eigenvalue weighted by Gasteiger charge is 2.27. The van der Waals surface area contributed by atoms with Crippen molar-refractivity contribution in [3.05, 3.63) is 18.5 Å². The van der Waals surface area contributed by atoms with E-state index in [0.29, 0.717) is 12.6 Å². The quantitative estimate of drug-likeness (QED) is 0.899. The number of hydrogen-bond acceptors (Lipinski definition) is 3. The van der Waals surface area contributed by atoms with E-state index in [2.05, 4.69) is 10.4 Å². The van der Waals surface area contributed by atoms with Crippen molar-refractivity contribution in [2.24, 2.45) is 0 Å². The fourth-order valence-corrected chi connectivity index (χ4v) is 2.24. The fraction of sp³-hybridized carbons (Fsp3) is 0.636. The lowest BCUT2D eigenvalue weighted by atomic mass is 10.2. The summed E-state index contributed by atoms with van der Waals surface area (Å²) in [4.78, 5) is 14.0. The van der Waals surface area contributed by atoms with Crippen molar-refractivity contribution < 1.29 is 4.79 Å². The number of hydrogen-bond donors (Lipinski definition) is 1. The highest BCUT2D eigenvalue weighted by Crippen LogP contribution is 2.16. The standard InChI is InChI=1S/C11H18N4O.2ClH/c1-12-8-10-4-2-7-15(10)11(16)9-14-6-3-5-13-14;;/h3,5-6,10,12H,2,4,7-9H2,1H3;2*1H. The van der Waals surface area contributed by atoms with Crippen LogP contribution in [0.2, 0.25) is 0 Å². The van der Waals surface area contributed by atoms with Crippen molar-refractivity contribution in [3.63, 3.8) is 0 Å². The van der Waals surface area contributed by atoms with Crippen molar-refractivity contribution in [2.75, 3.05) is 20.1 Å². The zero-order valence-electron chi connectivity index (χ0n) is 10.4. The van der Waals surface area contributed by atoms with Gasteiger partial charge in [0.25, 0.3) is 0 Å². The van der Waals surface area contributed by atoms with Gasteiger partial charge in [-0.15, -0.1) is 24.8 Å². The first-order valence-corrected chi connectivity index (χ1v) is 5.73. The van der Waals surface area contributed by atoms with Crippen LogP contribution in [0.5, 0.6) is 0 Å². The molecule has 5 nitrogen and oxygen atoms in total. The molecule has 0 saturated carbocycles. The molecule has 1 aliphatic heterocycles. The number of aromatic nitrogens is 2. The number of carbonyl (C=O) groups is 1. The Morgan fingerprint density at radius 1 is 1.50 bits per heavy atom. The van der Waals surface area contributed by atoms with Gasteiger partial charge in [-0.25, -0.2) is 0 Å². The first-order chi connectivity index (χ1) is 7.81. The van der Waals surface area contributed by atoms with Crippen LogP contribution in [0.15, 0.2) is 18.5 Å². The van der Waals surface area contributed by atoms with E-state index < -0.39 is 0 Å². The molecule has 1 aliphatic rings. The highest BCUT2D eigenvalue weighted by atomic mass is 35.5. The first-order valence-electron chi connectivity index (χ1n) is 5.73. The Morgan fingerprint density at radius 2 is 2.28 bits per heavy atom. The Hall–Kier alpha value is -0.780. The van der Waals surface area contributed by atoms with Gasteiger partial charge in [-0.3, -0.25) is 9.48 Å². The highest BCUT2D eigenvalue weighted by molar-refractivity contribution is 5.85. The Labute approximate surface area is 120 Å². The molecule has 1 aromatic heterocycles. The van der Waals surface area contributed by atoms with Crippen LogP contribution in [0.4, 0.5) is 0 Å². The van der Waals surface area contributed by atoms with E-state index in [4.69, 9.17) is 0 Å². The average molecular weight is 295 g/mol. The van der Waals surface area contributed by atoms with E-state index in [-0.39, 0.29) is 30.7 Å². The number of rotatable bonds is 4. The van der Waals surface area contributed by atoms with Crippen molar-refractivity contribution >= 4 is 30.7 Å². The number of nitrogens with one attached hydrogen (secondary N) is 1. The van der Waals surface area contributed by atoms with Gasteiger partial charge in [0.15, 0.2) is 0 Å². The molecule has 1 aromatic rings. The van der Waals surface area contributed by atoms with E-state index in [9.17, 15) is 4.79 Å². The lowest BCUT2D eigenvalue weighted by Crippen LogP contribution is -2.42. The summed E-state index contributed by atoms with van der Waals surface area (Å²) in [5.74, 6) is 0.168. The van der Waals surface area contributed by atoms with Gasteiger partial charge in [-0.05, 0) is 26.0 Å². The zero-order valence-corrected chi connectivity index (χ0v) is 12.0. The van der Waals surface area contributed by atoms with Crippen LogP contribution in [0, 0.1) is 0 Å². The summed E-state index contributed by atoms with van der Waals surface area (Å²) in [6, 6.07) is 2.19. The maximum absolute atomic E-state index is 12.0. The molecule has 18 heavy (non-hydrogen) atoms. The number of nitrogens with zero attached hydrogens (tertiary/aromatic N) is 3. The second-order valence-electron chi connectivity index (χ2n) is 4.14. The summed E-state index contributed by atoms with van der Waals surface area (Å²) in [6.07, 6.45) is 5.73. The van der Waals surface area contributed by atoms with Gasteiger partial charge < -0.3 is 10.2 Å². The van der Waals surface area contributed by atoms with Crippen LogP contribution in [-0.2, 0) is 11.3 Å². The lowest BCUT2D eigenvalue weighted by molar-refractivity contribution is -0.132. The molecule has 2 heterocycles. The Balaban J connectivity index is 0.00000144. The van der Waals surface area contributed by atoms with Crippen molar-refractivity contribution in [3.8, 4) is 0 Å². The molecule has 0 aromatic carbocycles. The molecule has 104 valence electrons. The van der Waals surface area contributed by atoms with Crippen LogP contribution in [0.3, 0.4) is 0 Å². The van der Waals surface area contributed by atoms with E-state index in [1.165, 1.54) is 0 Å². The van der Waals surface area contributed by atoms with Crippen LogP contribution in [0.1, 0.15) is 12.8 Å². The van der Waals surface area contributed by atoms with E-state index in [1.807, 2.05) is 24.2 Å². The molecular weight excluding hydrogens is 275 g/mol. The largest absolute Gasteiger partial charge is 0.337 e. The summed E-state index contributed by atoms with van der Waals surface area (Å²) in [5, 5.41) is 7.19. The third-order valence-electron chi connectivity index (χ3n) is 2.99. The Kier molecular flexibility index (Phi) is 7.98. The third kappa shape index (κ3) is 4.15. The molecular formula is C11H20Cl2N4O. The number of carbonyl (C=O) groups excluding carboxylic acids is 1. The van der Waals surface area contributed by atoms with Crippen LogP contribution in [0.25, 0.3) is 0 Å². The predicted molar refractivity (Wildman–Crippen MR) is 75.4 cm³/mol. The zero-order chi connectivity index (χ0) is 11.4. The van der Waals surface area contributed by atoms with E-state index in [0.717, 1.165) is 25.9 Å². The number of likely N-dealkylation sites (tertiary alicyclic amines) is 1. The maximum atomic E-state index is 12.0. The van der Waals surface area contributed by atoms with Gasteiger partial charge in [-0.1, -0.05) is 0 Å². The minimum absolute atomic E-state index is 0. The Morgan fingerprint density at radius 3 is 2.89 bits per heavy atom. The normalized spacial score (nSPS) is 18.1. The van der Waals surface area contributed by atoms with Gasteiger partial charge in [-0.2, -0.15) is 5.10 Å². The smallest absolute Gasteiger partial charge is 0.244 e. The average Bonchev–Trinajstić information content (AvgIpc) is 2.89. The molecule has 0 bridgehead atoms. The fourth-order valence-electron chi connectivity index (χ4n) is 2.24. The number of amides is 1. The van der Waals surface area contributed by atoms with Crippen LogP contribution < -0.4 is 5.32 Å². The van der Waals surface area contributed by atoms with Crippen molar-refractivity contribution in [1.29, 1.82) is 0 Å². The van der Waals surface area contributed by atoms with Crippen molar-refractivity contribution in [1.82, 2.24) is 20.0 Å². The summed E-state index contributed by atoms with van der Waals surface area (Å²) in [5.41, 5.74) is 0. The SMILES string of the molecule is CNCC1CCCN1C(=O)Cn1cccn1.Cl.Cl. The predicted octanol–water partition coefficient (Wildman–Crippen LogP) is 0.937. The summed E-state index contributed by atoms with van der Waals surface area (Å²) in [7, 11) is 1.93. The van der Waals surface area contributed by atoms with E-state index in [1.54, 1.807) is 10.9 Å². The molecule has 0 radical (unpaired) electrons. The topological polar surface area (TPSA) is 50.2 Å². The second kappa shape index (κ2) is 8.34. The third-order valence-corrected chi connectivity index (χ3v) is 2.99. The number of likely N-dealkylation sites (N-methyl/N-ethyl adjacent to an activating group) is 1. The molecule has 1 amide bonds. The molecule has 2 rings (SSSR count). The molecule has 1 fully saturated rings. The van der Waals surface area contributed by atoms with Gasteiger partial charge in [0.2, 0.25) is 5.91 Å². The Bertz CT molecular complexity index is 345. The summed E-state index contributed by atoms with van der Waals surface area (Å²) >= 11 is 0. The minimum Gasteiger partial charge on any atom is -0.337 e. The lowest BCUT2D eigenvalue weighted by Gasteiger charge is -2.24.